The number of benzene rings is 1. The molecule has 0 bridgehead atoms. The molecule has 0 saturated carbocycles. The number of halogens is 1. The summed E-state index contributed by atoms with van der Waals surface area (Å²) in [6, 6.07) is 3.63. The smallest absolute Gasteiger partial charge is 0.293 e. The number of rotatable bonds is 7. The number of imide groups is 1. The summed E-state index contributed by atoms with van der Waals surface area (Å²) < 4.78 is 12.0. The molecule has 5 nitrogen and oxygen atoms in total. The molecule has 0 unspecified atom stereocenters. The SMILES string of the molecule is CCCN1C(=O)S/C(=C/c2cc(OCC)c(OCC)cc2Br)C1=O. The Morgan fingerprint density at radius 3 is 2.33 bits per heavy atom. The van der Waals surface area contributed by atoms with Crippen LogP contribution >= 0.6 is 27.7 Å². The van der Waals surface area contributed by atoms with Crippen LogP contribution in [0.3, 0.4) is 0 Å². The maximum Gasteiger partial charge on any atom is 0.293 e. The van der Waals surface area contributed by atoms with Crippen LogP contribution in [0.15, 0.2) is 21.5 Å². The first-order valence-electron chi connectivity index (χ1n) is 7.86. The fraction of sp³-hybridized carbons (Fsp3) is 0.412. The van der Waals surface area contributed by atoms with E-state index in [2.05, 4.69) is 15.9 Å². The standard InChI is InChI=1S/C17H20BrNO4S/c1-4-7-19-16(20)15(24-17(19)21)9-11-8-13(22-5-2)14(23-6-3)10-12(11)18/h8-10H,4-7H2,1-3H3/b15-9+. The highest BCUT2D eigenvalue weighted by atomic mass is 79.9. The Labute approximate surface area is 154 Å². The van der Waals surface area contributed by atoms with Gasteiger partial charge in [0.25, 0.3) is 11.1 Å². The van der Waals surface area contributed by atoms with Gasteiger partial charge in [-0.15, -0.1) is 0 Å². The first kappa shape index (κ1) is 18.9. The lowest BCUT2D eigenvalue weighted by molar-refractivity contribution is -0.122. The normalized spacial score (nSPS) is 16.2. The zero-order chi connectivity index (χ0) is 17.7. The van der Waals surface area contributed by atoms with Crippen molar-refractivity contribution in [3.8, 4) is 11.5 Å². The predicted molar refractivity (Wildman–Crippen MR) is 99.4 cm³/mol. The van der Waals surface area contributed by atoms with Gasteiger partial charge in [0.1, 0.15) is 0 Å². The van der Waals surface area contributed by atoms with E-state index >= 15 is 0 Å². The van der Waals surface area contributed by atoms with Crippen molar-refractivity contribution < 1.29 is 19.1 Å². The molecule has 1 heterocycles. The molecule has 2 amide bonds. The molecule has 130 valence electrons. The molecule has 0 aromatic heterocycles. The van der Waals surface area contributed by atoms with Gasteiger partial charge < -0.3 is 9.47 Å². The summed E-state index contributed by atoms with van der Waals surface area (Å²) in [5.74, 6) is 1.01. The molecule has 7 heteroatoms. The summed E-state index contributed by atoms with van der Waals surface area (Å²) in [7, 11) is 0. The van der Waals surface area contributed by atoms with Crippen LogP contribution in [0.2, 0.25) is 0 Å². The van der Waals surface area contributed by atoms with E-state index in [1.807, 2.05) is 32.9 Å². The van der Waals surface area contributed by atoms with Gasteiger partial charge in [0.05, 0.1) is 18.1 Å². The lowest BCUT2D eigenvalue weighted by Crippen LogP contribution is -2.28. The zero-order valence-electron chi connectivity index (χ0n) is 13.9. The van der Waals surface area contributed by atoms with Crippen LogP contribution in [0, 0.1) is 0 Å². The van der Waals surface area contributed by atoms with Crippen LogP contribution in [-0.2, 0) is 4.79 Å². The van der Waals surface area contributed by atoms with E-state index < -0.39 is 0 Å². The van der Waals surface area contributed by atoms with Crippen molar-refractivity contribution in [2.45, 2.75) is 27.2 Å². The molecular weight excluding hydrogens is 394 g/mol. The van der Waals surface area contributed by atoms with E-state index in [1.54, 1.807) is 6.08 Å². The molecule has 0 spiro atoms. The third-order valence-electron chi connectivity index (χ3n) is 3.27. The molecular formula is C17H20BrNO4S. The molecule has 1 aromatic rings. The number of carbonyl (C=O) groups excluding carboxylic acids is 2. The van der Waals surface area contributed by atoms with Gasteiger partial charge in [-0.05, 0) is 55.8 Å². The molecule has 1 aliphatic rings. The van der Waals surface area contributed by atoms with Gasteiger partial charge in [0.2, 0.25) is 0 Å². The molecule has 0 N–H and O–H groups in total. The van der Waals surface area contributed by atoms with E-state index in [9.17, 15) is 9.59 Å². The molecule has 1 aromatic carbocycles. The summed E-state index contributed by atoms with van der Waals surface area (Å²) in [5, 5.41) is -0.222. The number of ether oxygens (including phenoxy) is 2. The van der Waals surface area contributed by atoms with E-state index in [0.29, 0.717) is 36.2 Å². The average Bonchev–Trinajstić information content (AvgIpc) is 2.80. The van der Waals surface area contributed by atoms with Crippen molar-refractivity contribution in [1.82, 2.24) is 4.90 Å². The van der Waals surface area contributed by atoms with Crippen molar-refractivity contribution in [3.63, 3.8) is 0 Å². The van der Waals surface area contributed by atoms with Crippen molar-refractivity contribution in [2.24, 2.45) is 0 Å². The molecule has 0 atom stereocenters. The number of amides is 2. The van der Waals surface area contributed by atoms with Gasteiger partial charge in [-0.3, -0.25) is 14.5 Å². The van der Waals surface area contributed by atoms with Crippen LogP contribution in [0.25, 0.3) is 6.08 Å². The fourth-order valence-corrected chi connectivity index (χ4v) is 3.55. The largest absolute Gasteiger partial charge is 0.490 e. The third kappa shape index (κ3) is 4.13. The third-order valence-corrected chi connectivity index (χ3v) is 4.86. The van der Waals surface area contributed by atoms with Crippen molar-refractivity contribution in [3.05, 3.63) is 27.1 Å². The highest BCUT2D eigenvalue weighted by molar-refractivity contribution is 9.10. The predicted octanol–water partition coefficient (Wildman–Crippen LogP) is 4.69. The highest BCUT2D eigenvalue weighted by Gasteiger charge is 2.34. The first-order valence-corrected chi connectivity index (χ1v) is 9.47. The first-order chi connectivity index (χ1) is 11.5. The van der Waals surface area contributed by atoms with Gasteiger partial charge in [-0.1, -0.05) is 22.9 Å². The van der Waals surface area contributed by atoms with Crippen LogP contribution in [0.4, 0.5) is 4.79 Å². The average molecular weight is 414 g/mol. The van der Waals surface area contributed by atoms with E-state index in [-0.39, 0.29) is 11.1 Å². The molecule has 1 aliphatic heterocycles. The molecule has 0 radical (unpaired) electrons. The molecule has 1 fully saturated rings. The Kier molecular flexibility index (Phi) is 6.74. The second-order valence-electron chi connectivity index (χ2n) is 5.02. The van der Waals surface area contributed by atoms with Crippen molar-refractivity contribution >= 4 is 44.9 Å². The van der Waals surface area contributed by atoms with Gasteiger partial charge >= 0.3 is 0 Å². The second-order valence-corrected chi connectivity index (χ2v) is 6.87. The maximum absolute atomic E-state index is 12.3. The van der Waals surface area contributed by atoms with E-state index in [0.717, 1.165) is 28.2 Å². The number of thioether (sulfide) groups is 1. The highest BCUT2D eigenvalue weighted by Crippen LogP contribution is 2.38. The quantitative estimate of drug-likeness (QED) is 0.606. The number of hydrogen-bond donors (Lipinski definition) is 0. The minimum absolute atomic E-state index is 0.222. The lowest BCUT2D eigenvalue weighted by Gasteiger charge is -2.13. The van der Waals surface area contributed by atoms with Crippen molar-refractivity contribution in [2.75, 3.05) is 19.8 Å². The zero-order valence-corrected chi connectivity index (χ0v) is 16.3. The summed E-state index contributed by atoms with van der Waals surface area (Å²) in [5.41, 5.74) is 0.768. The molecule has 0 aliphatic carbocycles. The van der Waals surface area contributed by atoms with Gasteiger partial charge in [0, 0.05) is 11.0 Å². The Balaban J connectivity index is 2.37. The van der Waals surface area contributed by atoms with Gasteiger partial charge in [-0.25, -0.2) is 0 Å². The summed E-state index contributed by atoms with van der Waals surface area (Å²) in [6.07, 6.45) is 2.45. The van der Waals surface area contributed by atoms with Gasteiger partial charge in [0.15, 0.2) is 11.5 Å². The van der Waals surface area contributed by atoms with Crippen LogP contribution in [0.1, 0.15) is 32.8 Å². The Morgan fingerprint density at radius 1 is 1.12 bits per heavy atom. The summed E-state index contributed by atoms with van der Waals surface area (Å²) in [6.45, 7) is 7.21. The summed E-state index contributed by atoms with van der Waals surface area (Å²) >= 11 is 4.46. The van der Waals surface area contributed by atoms with Crippen molar-refractivity contribution in [1.29, 1.82) is 0 Å². The molecule has 2 rings (SSSR count). The monoisotopic (exact) mass is 413 g/mol. The van der Waals surface area contributed by atoms with E-state index in [1.165, 1.54) is 4.90 Å². The number of carbonyl (C=O) groups is 2. The van der Waals surface area contributed by atoms with Gasteiger partial charge in [-0.2, -0.15) is 0 Å². The minimum Gasteiger partial charge on any atom is -0.490 e. The Bertz CT molecular complexity index is 675. The fourth-order valence-electron chi connectivity index (χ4n) is 2.26. The minimum atomic E-state index is -0.245. The Hall–Kier alpha value is -1.47. The molecule has 1 saturated heterocycles. The van der Waals surface area contributed by atoms with Crippen LogP contribution in [-0.4, -0.2) is 35.8 Å². The summed E-state index contributed by atoms with van der Waals surface area (Å²) in [4.78, 5) is 26.0. The Morgan fingerprint density at radius 2 is 1.75 bits per heavy atom. The lowest BCUT2D eigenvalue weighted by atomic mass is 10.2. The maximum atomic E-state index is 12.3. The number of nitrogens with zero attached hydrogens (tertiary/aromatic N) is 1. The topological polar surface area (TPSA) is 55.8 Å². The van der Waals surface area contributed by atoms with E-state index in [4.69, 9.17) is 9.47 Å². The van der Waals surface area contributed by atoms with Crippen LogP contribution < -0.4 is 9.47 Å². The number of hydrogen-bond acceptors (Lipinski definition) is 5. The second kappa shape index (κ2) is 8.58. The molecule has 24 heavy (non-hydrogen) atoms. The van der Waals surface area contributed by atoms with Crippen LogP contribution in [0.5, 0.6) is 11.5 Å².